The standard InChI is InChI=1S/C42H70O14/c1-19(2)10-13-26-42(51)33(41(9,50)56-26)21-11-12-24-38(6)16-15-25(37(4,5)23(38)14-17-39(24,7)40(21,8)36(42)49)55-35-32(48)30(46)28(44)22(54-35)18-52-34-31(47)29(45)27(43)20(3)53-34/h10,20-36,43-51H,11-18H2,1-9H3. The summed E-state index contributed by atoms with van der Waals surface area (Å²) in [5.74, 6) is -2.00. The molecule has 322 valence electrons. The highest BCUT2D eigenvalue weighted by Crippen LogP contribution is 2.78. The van der Waals surface area contributed by atoms with Gasteiger partial charge in [-0.2, -0.15) is 0 Å². The fourth-order valence-corrected chi connectivity index (χ4v) is 14.0. The molecule has 0 radical (unpaired) electrons. The Hall–Kier alpha value is -0.820. The van der Waals surface area contributed by atoms with Crippen LogP contribution in [0.1, 0.15) is 107 Å². The van der Waals surface area contributed by atoms with E-state index in [1.807, 2.05) is 19.9 Å². The maximum Gasteiger partial charge on any atom is 0.186 e. The number of fused-ring (bicyclic) bond motifs is 7. The number of ether oxygens (including phenoxy) is 5. The predicted octanol–water partition coefficient (Wildman–Crippen LogP) is 1.48. The van der Waals surface area contributed by atoms with Gasteiger partial charge in [0.2, 0.25) is 0 Å². The molecule has 7 fully saturated rings. The smallest absolute Gasteiger partial charge is 0.186 e. The number of aliphatic hydroxyl groups excluding tert-OH is 7. The van der Waals surface area contributed by atoms with Gasteiger partial charge in [-0.15, -0.1) is 0 Å². The summed E-state index contributed by atoms with van der Waals surface area (Å²) < 4.78 is 30.1. The van der Waals surface area contributed by atoms with Crippen molar-refractivity contribution in [3.63, 3.8) is 0 Å². The van der Waals surface area contributed by atoms with E-state index >= 15 is 0 Å². The van der Waals surface area contributed by atoms with E-state index in [1.54, 1.807) is 6.92 Å². The lowest BCUT2D eigenvalue weighted by atomic mass is 9.35. The van der Waals surface area contributed by atoms with Crippen LogP contribution in [-0.2, 0) is 23.7 Å². The Kier molecular flexibility index (Phi) is 11.1. The molecule has 3 aliphatic heterocycles. The molecule has 0 aromatic rings. The first-order chi connectivity index (χ1) is 25.9. The third kappa shape index (κ3) is 6.09. The minimum absolute atomic E-state index is 0.153. The minimum atomic E-state index is -1.62. The Morgan fingerprint density at radius 2 is 1.38 bits per heavy atom. The highest BCUT2D eigenvalue weighted by atomic mass is 16.7. The molecule has 14 nitrogen and oxygen atoms in total. The van der Waals surface area contributed by atoms with Crippen LogP contribution in [0.3, 0.4) is 0 Å². The van der Waals surface area contributed by atoms with Gasteiger partial charge >= 0.3 is 0 Å². The van der Waals surface area contributed by atoms with Crippen molar-refractivity contribution in [3.05, 3.63) is 11.6 Å². The van der Waals surface area contributed by atoms with Gasteiger partial charge in [0.1, 0.15) is 48.3 Å². The number of allylic oxidation sites excluding steroid dienone is 1. The zero-order chi connectivity index (χ0) is 41.3. The Morgan fingerprint density at radius 1 is 0.732 bits per heavy atom. The molecule has 14 heteroatoms. The summed E-state index contributed by atoms with van der Waals surface area (Å²) in [6.07, 6.45) is -8.89. The van der Waals surface area contributed by atoms with Crippen molar-refractivity contribution in [1.29, 1.82) is 0 Å². The second-order valence-corrected chi connectivity index (χ2v) is 20.5. The van der Waals surface area contributed by atoms with Gasteiger partial charge in [0, 0.05) is 11.3 Å². The third-order valence-electron chi connectivity index (χ3n) is 17.1. The second kappa shape index (κ2) is 14.4. The highest BCUT2D eigenvalue weighted by Gasteiger charge is 2.81. The van der Waals surface area contributed by atoms with Crippen LogP contribution in [-0.4, -0.2) is 144 Å². The third-order valence-corrected chi connectivity index (χ3v) is 17.1. The molecular formula is C42H70O14. The Labute approximate surface area is 331 Å². The van der Waals surface area contributed by atoms with E-state index in [0.717, 1.165) is 37.7 Å². The molecule has 22 atom stereocenters. The summed E-state index contributed by atoms with van der Waals surface area (Å²) >= 11 is 0. The van der Waals surface area contributed by atoms with Crippen LogP contribution in [0.4, 0.5) is 0 Å². The van der Waals surface area contributed by atoms with Gasteiger partial charge in [0.25, 0.3) is 0 Å². The van der Waals surface area contributed by atoms with Crippen molar-refractivity contribution in [2.24, 2.45) is 45.3 Å². The van der Waals surface area contributed by atoms with Crippen molar-refractivity contribution in [1.82, 2.24) is 0 Å². The molecule has 0 spiro atoms. The van der Waals surface area contributed by atoms with Crippen LogP contribution in [0.5, 0.6) is 0 Å². The molecule has 0 bridgehead atoms. The van der Waals surface area contributed by atoms with Gasteiger partial charge in [-0.05, 0) is 107 Å². The molecule has 7 rings (SSSR count). The first kappa shape index (κ1) is 43.3. The molecule has 22 unspecified atom stereocenters. The molecule has 56 heavy (non-hydrogen) atoms. The van der Waals surface area contributed by atoms with E-state index < -0.39 is 102 Å². The number of hydrogen-bond acceptors (Lipinski definition) is 14. The maximum atomic E-state index is 12.6. The molecule has 9 N–H and O–H groups in total. The number of rotatable bonds is 7. The van der Waals surface area contributed by atoms with Crippen LogP contribution in [0, 0.1) is 45.3 Å². The summed E-state index contributed by atoms with van der Waals surface area (Å²) in [6.45, 7) is 18.0. The first-order valence-electron chi connectivity index (χ1n) is 21.0. The van der Waals surface area contributed by atoms with E-state index in [9.17, 15) is 46.0 Å². The van der Waals surface area contributed by atoms with Crippen LogP contribution in [0.25, 0.3) is 0 Å². The molecule has 0 aromatic carbocycles. The number of aliphatic hydroxyl groups is 9. The molecule has 3 heterocycles. The average molecular weight is 799 g/mol. The summed E-state index contributed by atoms with van der Waals surface area (Å²) in [5.41, 5.74) is -2.18. The highest BCUT2D eigenvalue weighted by molar-refractivity contribution is 5.29. The van der Waals surface area contributed by atoms with Gasteiger partial charge in [-0.1, -0.05) is 46.3 Å². The summed E-state index contributed by atoms with van der Waals surface area (Å²) in [5, 5.41) is 100. The predicted molar refractivity (Wildman–Crippen MR) is 200 cm³/mol. The van der Waals surface area contributed by atoms with Crippen molar-refractivity contribution >= 4 is 0 Å². The minimum Gasteiger partial charge on any atom is -0.389 e. The molecule has 4 saturated carbocycles. The van der Waals surface area contributed by atoms with Crippen LogP contribution >= 0.6 is 0 Å². The lowest BCUT2D eigenvalue weighted by Gasteiger charge is -2.70. The SMILES string of the molecule is CC(C)=CCC1OC(C)(O)C2C3CCC4C5(C)CCC(OC6OC(COC7OC(C)C(O)C(O)C7O)C(O)C(O)C6O)C(C)(C)C5CCC4(C)C3(C)C(O)C12O. The number of hydrogen-bond donors (Lipinski definition) is 9. The van der Waals surface area contributed by atoms with Gasteiger partial charge in [-0.25, -0.2) is 0 Å². The van der Waals surface area contributed by atoms with Crippen molar-refractivity contribution in [2.75, 3.05) is 6.61 Å². The maximum absolute atomic E-state index is 12.6. The molecular weight excluding hydrogens is 728 g/mol. The lowest BCUT2D eigenvalue weighted by molar-refractivity contribution is -0.345. The topological polar surface area (TPSA) is 228 Å². The van der Waals surface area contributed by atoms with Gasteiger partial charge in [-0.3, -0.25) is 0 Å². The second-order valence-electron chi connectivity index (χ2n) is 20.5. The Balaban J connectivity index is 1.08. The molecule has 0 amide bonds. The van der Waals surface area contributed by atoms with E-state index in [0.29, 0.717) is 12.8 Å². The van der Waals surface area contributed by atoms with Crippen molar-refractivity contribution in [3.8, 4) is 0 Å². The first-order valence-corrected chi connectivity index (χ1v) is 21.0. The van der Waals surface area contributed by atoms with E-state index in [4.69, 9.17) is 23.7 Å². The largest absolute Gasteiger partial charge is 0.389 e. The Bertz CT molecular complexity index is 1490. The summed E-state index contributed by atoms with van der Waals surface area (Å²) in [4.78, 5) is 0. The van der Waals surface area contributed by atoms with Gasteiger partial charge < -0.3 is 69.6 Å². The van der Waals surface area contributed by atoms with Crippen molar-refractivity contribution < 1.29 is 69.6 Å². The molecule has 7 aliphatic rings. The fourth-order valence-electron chi connectivity index (χ4n) is 14.0. The average Bonchev–Trinajstić information content (AvgIpc) is 3.45. The van der Waals surface area contributed by atoms with Gasteiger partial charge in [0.05, 0.1) is 31.0 Å². The van der Waals surface area contributed by atoms with Crippen molar-refractivity contribution in [2.45, 2.75) is 198 Å². The monoisotopic (exact) mass is 798 g/mol. The summed E-state index contributed by atoms with van der Waals surface area (Å²) in [7, 11) is 0. The fraction of sp³-hybridized carbons (Fsp3) is 0.952. The van der Waals surface area contributed by atoms with E-state index in [2.05, 4.69) is 34.6 Å². The normalized spacial score (nSPS) is 57.8. The lowest BCUT2D eigenvalue weighted by Crippen LogP contribution is -2.67. The van der Waals surface area contributed by atoms with Crippen LogP contribution < -0.4 is 0 Å². The van der Waals surface area contributed by atoms with Gasteiger partial charge in [0.15, 0.2) is 18.4 Å². The van der Waals surface area contributed by atoms with Crippen LogP contribution in [0.15, 0.2) is 11.6 Å². The zero-order valence-electron chi connectivity index (χ0n) is 34.6. The summed E-state index contributed by atoms with van der Waals surface area (Å²) in [6, 6.07) is 0. The van der Waals surface area contributed by atoms with E-state index in [1.165, 1.54) is 6.92 Å². The molecule has 4 aliphatic carbocycles. The molecule has 3 saturated heterocycles. The van der Waals surface area contributed by atoms with Crippen LogP contribution in [0.2, 0.25) is 0 Å². The molecule has 0 aromatic heterocycles. The van der Waals surface area contributed by atoms with E-state index in [-0.39, 0.29) is 41.3 Å². The Morgan fingerprint density at radius 3 is 2.04 bits per heavy atom. The quantitative estimate of drug-likeness (QED) is 0.131. The zero-order valence-corrected chi connectivity index (χ0v) is 34.6.